The van der Waals surface area contributed by atoms with Crippen LogP contribution in [0.3, 0.4) is 0 Å². The van der Waals surface area contributed by atoms with Crippen LogP contribution in [0.25, 0.3) is 0 Å². The van der Waals surface area contributed by atoms with E-state index in [1.165, 1.54) is 25.0 Å². The van der Waals surface area contributed by atoms with Gasteiger partial charge in [0.1, 0.15) is 0 Å². The van der Waals surface area contributed by atoms with E-state index in [0.29, 0.717) is 12.1 Å². The van der Waals surface area contributed by atoms with Crippen LogP contribution in [0.4, 0.5) is 0 Å². The van der Waals surface area contributed by atoms with Gasteiger partial charge in [-0.15, -0.1) is 0 Å². The summed E-state index contributed by atoms with van der Waals surface area (Å²) in [5.74, 6) is 0.213. The summed E-state index contributed by atoms with van der Waals surface area (Å²) in [6.45, 7) is 5.94. The monoisotopic (exact) mass is 275 g/mol. The van der Waals surface area contributed by atoms with Gasteiger partial charge in [0, 0.05) is 36.6 Å². The summed E-state index contributed by atoms with van der Waals surface area (Å²) < 4.78 is 2.35. The number of rotatable bonds is 3. The van der Waals surface area contributed by atoms with E-state index in [-0.39, 0.29) is 5.91 Å². The van der Waals surface area contributed by atoms with Crippen molar-refractivity contribution >= 4 is 5.91 Å². The van der Waals surface area contributed by atoms with Crippen molar-refractivity contribution in [2.75, 3.05) is 20.1 Å². The molecule has 1 atom stereocenters. The van der Waals surface area contributed by atoms with E-state index in [1.807, 2.05) is 11.9 Å². The minimum absolute atomic E-state index is 0.213. The average molecular weight is 275 g/mol. The minimum Gasteiger partial charge on any atom is -0.345 e. The number of hydrogen-bond donors (Lipinski definition) is 1. The Hall–Kier alpha value is -1.29. The first kappa shape index (κ1) is 13.7. The molecule has 2 heterocycles. The lowest BCUT2D eigenvalue weighted by atomic mass is 10.0. The Kier molecular flexibility index (Phi) is 3.59. The molecule has 1 aliphatic heterocycles. The number of aryl methyl sites for hydroxylation is 1. The van der Waals surface area contributed by atoms with Gasteiger partial charge in [-0.1, -0.05) is 0 Å². The SMILES string of the molecule is CNC1CCCN(C(=O)c2cc(C)n(C3CC3)c2C)C1. The third-order valence-electron chi connectivity index (χ3n) is 4.74. The number of amides is 1. The first-order chi connectivity index (χ1) is 9.61. The van der Waals surface area contributed by atoms with Crippen molar-refractivity contribution < 1.29 is 4.79 Å². The van der Waals surface area contributed by atoms with Gasteiger partial charge in [0.2, 0.25) is 0 Å². The molecule has 1 unspecified atom stereocenters. The molecule has 0 aromatic carbocycles. The molecule has 4 heteroatoms. The van der Waals surface area contributed by atoms with Gasteiger partial charge in [-0.2, -0.15) is 0 Å². The van der Waals surface area contributed by atoms with E-state index in [9.17, 15) is 4.79 Å². The summed E-state index contributed by atoms with van der Waals surface area (Å²) in [5, 5.41) is 3.30. The van der Waals surface area contributed by atoms with Gasteiger partial charge in [0.05, 0.1) is 5.56 Å². The highest BCUT2D eigenvalue weighted by molar-refractivity contribution is 5.95. The summed E-state index contributed by atoms with van der Waals surface area (Å²) in [6.07, 6.45) is 4.78. The Morgan fingerprint density at radius 1 is 1.30 bits per heavy atom. The van der Waals surface area contributed by atoms with E-state index >= 15 is 0 Å². The molecule has 2 aliphatic rings. The third kappa shape index (κ3) is 2.37. The van der Waals surface area contributed by atoms with E-state index < -0.39 is 0 Å². The highest BCUT2D eigenvalue weighted by atomic mass is 16.2. The van der Waals surface area contributed by atoms with Gasteiger partial charge in [0.15, 0.2) is 0 Å². The smallest absolute Gasteiger partial charge is 0.255 e. The minimum atomic E-state index is 0.213. The molecule has 0 bridgehead atoms. The van der Waals surface area contributed by atoms with Crippen LogP contribution < -0.4 is 5.32 Å². The molecule has 1 amide bonds. The number of nitrogens with one attached hydrogen (secondary N) is 1. The summed E-state index contributed by atoms with van der Waals surface area (Å²) in [5.41, 5.74) is 3.29. The second-order valence-electron chi connectivity index (χ2n) is 6.26. The number of nitrogens with zero attached hydrogens (tertiary/aromatic N) is 2. The fourth-order valence-corrected chi connectivity index (χ4v) is 3.46. The zero-order chi connectivity index (χ0) is 14.3. The molecular weight excluding hydrogens is 250 g/mol. The van der Waals surface area contributed by atoms with E-state index in [0.717, 1.165) is 30.8 Å². The second kappa shape index (κ2) is 5.24. The predicted octanol–water partition coefficient (Wildman–Crippen LogP) is 2.26. The number of hydrogen-bond acceptors (Lipinski definition) is 2. The van der Waals surface area contributed by atoms with Crippen molar-refractivity contribution in [3.05, 3.63) is 23.0 Å². The maximum absolute atomic E-state index is 12.8. The van der Waals surface area contributed by atoms with Crippen LogP contribution in [0.2, 0.25) is 0 Å². The topological polar surface area (TPSA) is 37.3 Å². The lowest BCUT2D eigenvalue weighted by Gasteiger charge is -2.32. The molecule has 1 N–H and O–H groups in total. The number of aromatic nitrogens is 1. The van der Waals surface area contributed by atoms with Gasteiger partial charge in [-0.3, -0.25) is 4.79 Å². The number of likely N-dealkylation sites (tertiary alicyclic amines) is 1. The summed E-state index contributed by atoms with van der Waals surface area (Å²) in [6, 6.07) is 3.17. The second-order valence-corrected chi connectivity index (χ2v) is 6.26. The highest BCUT2D eigenvalue weighted by Crippen LogP contribution is 2.38. The molecule has 110 valence electrons. The zero-order valence-corrected chi connectivity index (χ0v) is 12.8. The molecule has 3 rings (SSSR count). The van der Waals surface area contributed by atoms with Crippen LogP contribution in [0.5, 0.6) is 0 Å². The van der Waals surface area contributed by atoms with Gasteiger partial charge in [-0.05, 0) is 52.6 Å². The highest BCUT2D eigenvalue weighted by Gasteiger charge is 2.30. The molecule has 20 heavy (non-hydrogen) atoms. The number of carbonyl (C=O) groups is 1. The van der Waals surface area contributed by atoms with Crippen LogP contribution >= 0.6 is 0 Å². The van der Waals surface area contributed by atoms with Crippen LogP contribution in [0, 0.1) is 13.8 Å². The fraction of sp³-hybridized carbons (Fsp3) is 0.688. The first-order valence-electron chi connectivity index (χ1n) is 7.76. The predicted molar refractivity (Wildman–Crippen MR) is 80.2 cm³/mol. The van der Waals surface area contributed by atoms with Crippen molar-refractivity contribution in [3.63, 3.8) is 0 Å². The van der Waals surface area contributed by atoms with Gasteiger partial charge >= 0.3 is 0 Å². The maximum atomic E-state index is 12.8. The normalized spacial score (nSPS) is 23.1. The Labute approximate surface area is 121 Å². The Balaban J connectivity index is 1.81. The molecule has 0 radical (unpaired) electrons. The first-order valence-corrected chi connectivity index (χ1v) is 7.76. The molecular formula is C16H25N3O. The van der Waals surface area contributed by atoms with E-state index in [1.54, 1.807) is 0 Å². The maximum Gasteiger partial charge on any atom is 0.255 e. The van der Waals surface area contributed by atoms with Gasteiger partial charge in [-0.25, -0.2) is 0 Å². The molecule has 1 aliphatic carbocycles. The Morgan fingerprint density at radius 3 is 2.70 bits per heavy atom. The van der Waals surface area contributed by atoms with Crippen molar-refractivity contribution in [2.24, 2.45) is 0 Å². The van der Waals surface area contributed by atoms with Crippen molar-refractivity contribution in [3.8, 4) is 0 Å². The standard InChI is InChI=1S/C16H25N3O/c1-11-9-15(12(2)19(11)14-6-7-14)16(20)18-8-4-5-13(10-18)17-3/h9,13-14,17H,4-8,10H2,1-3H3. The lowest BCUT2D eigenvalue weighted by Crippen LogP contribution is -2.47. The molecule has 1 saturated carbocycles. The molecule has 1 saturated heterocycles. The van der Waals surface area contributed by atoms with Crippen LogP contribution in [0.1, 0.15) is 53.5 Å². The van der Waals surface area contributed by atoms with Crippen molar-refractivity contribution in [1.29, 1.82) is 0 Å². The number of carbonyl (C=O) groups excluding carboxylic acids is 1. The number of piperidine rings is 1. The zero-order valence-electron chi connectivity index (χ0n) is 12.8. The average Bonchev–Trinajstić information content (AvgIpc) is 3.24. The fourth-order valence-electron chi connectivity index (χ4n) is 3.46. The summed E-state index contributed by atoms with van der Waals surface area (Å²) in [4.78, 5) is 14.8. The molecule has 1 aromatic rings. The van der Waals surface area contributed by atoms with Crippen molar-refractivity contribution in [1.82, 2.24) is 14.8 Å². The Morgan fingerprint density at radius 2 is 2.05 bits per heavy atom. The largest absolute Gasteiger partial charge is 0.345 e. The van der Waals surface area contributed by atoms with E-state index in [4.69, 9.17) is 0 Å². The molecule has 1 aromatic heterocycles. The van der Waals surface area contributed by atoms with Crippen LogP contribution in [0.15, 0.2) is 6.07 Å². The van der Waals surface area contributed by atoms with Crippen LogP contribution in [-0.2, 0) is 0 Å². The molecule has 4 nitrogen and oxygen atoms in total. The molecule has 2 fully saturated rings. The van der Waals surface area contributed by atoms with Gasteiger partial charge in [0.25, 0.3) is 5.91 Å². The lowest BCUT2D eigenvalue weighted by molar-refractivity contribution is 0.0697. The third-order valence-corrected chi connectivity index (χ3v) is 4.74. The van der Waals surface area contributed by atoms with Gasteiger partial charge < -0.3 is 14.8 Å². The molecule has 0 spiro atoms. The van der Waals surface area contributed by atoms with Crippen LogP contribution in [-0.4, -0.2) is 41.6 Å². The van der Waals surface area contributed by atoms with E-state index in [2.05, 4.69) is 29.8 Å². The summed E-state index contributed by atoms with van der Waals surface area (Å²) in [7, 11) is 1.98. The van der Waals surface area contributed by atoms with Crippen molar-refractivity contribution in [2.45, 2.75) is 51.6 Å². The summed E-state index contributed by atoms with van der Waals surface area (Å²) >= 11 is 0. The Bertz CT molecular complexity index is 516. The number of likely N-dealkylation sites (N-methyl/N-ethyl adjacent to an activating group) is 1. The quantitative estimate of drug-likeness (QED) is 0.919.